The summed E-state index contributed by atoms with van der Waals surface area (Å²) in [6.07, 6.45) is 0. The van der Waals surface area contributed by atoms with Crippen LogP contribution in [0.5, 0.6) is 0 Å². The predicted octanol–water partition coefficient (Wildman–Crippen LogP) is 0.170. The molecule has 1 N–H and O–H groups in total. The summed E-state index contributed by atoms with van der Waals surface area (Å²) in [6.45, 7) is -0.342. The number of fused-ring (bicyclic) bond motifs is 1. The first-order valence-corrected chi connectivity index (χ1v) is 6.41. The summed E-state index contributed by atoms with van der Waals surface area (Å²) in [5.74, 6) is -1.72. The molecule has 1 aromatic carbocycles. The van der Waals surface area contributed by atoms with E-state index in [4.69, 9.17) is 4.55 Å². The van der Waals surface area contributed by atoms with Crippen LogP contribution in [0.25, 0.3) is 0 Å². The number of benzene rings is 1. The molecule has 1 heterocycles. The summed E-state index contributed by atoms with van der Waals surface area (Å²) in [5, 5.41) is 0. The lowest BCUT2D eigenvalue weighted by atomic mass is 10.1. The second kappa shape index (κ2) is 3.94. The van der Waals surface area contributed by atoms with Crippen LogP contribution in [0.1, 0.15) is 20.7 Å². The van der Waals surface area contributed by atoms with E-state index in [-0.39, 0.29) is 17.7 Å². The Bertz CT molecular complexity index is 557. The van der Waals surface area contributed by atoms with Gasteiger partial charge in [-0.2, -0.15) is 8.42 Å². The highest BCUT2D eigenvalue weighted by Crippen LogP contribution is 2.21. The Kier molecular flexibility index (Phi) is 2.72. The fourth-order valence-corrected chi connectivity index (χ4v) is 2.06. The fourth-order valence-electron chi connectivity index (χ4n) is 1.65. The largest absolute Gasteiger partial charge is 0.285 e. The van der Waals surface area contributed by atoms with Crippen LogP contribution in [0.3, 0.4) is 0 Å². The lowest BCUT2D eigenvalue weighted by Crippen LogP contribution is -2.34. The normalized spacial score (nSPS) is 15.2. The van der Waals surface area contributed by atoms with Crippen molar-refractivity contribution in [2.75, 3.05) is 12.3 Å². The van der Waals surface area contributed by atoms with Crippen molar-refractivity contribution < 1.29 is 22.6 Å². The molecule has 0 saturated carbocycles. The van der Waals surface area contributed by atoms with Gasteiger partial charge >= 0.3 is 0 Å². The van der Waals surface area contributed by atoms with Crippen LogP contribution in [0, 0.1) is 0 Å². The number of imide groups is 1. The zero-order valence-corrected chi connectivity index (χ0v) is 9.48. The van der Waals surface area contributed by atoms with Gasteiger partial charge in [0.2, 0.25) is 0 Å². The molecule has 0 atom stereocenters. The minimum atomic E-state index is -4.19. The van der Waals surface area contributed by atoms with Gasteiger partial charge in [0.15, 0.2) is 0 Å². The summed E-state index contributed by atoms with van der Waals surface area (Å²) >= 11 is 0. The van der Waals surface area contributed by atoms with E-state index in [2.05, 4.69) is 0 Å². The number of hydrogen-bond acceptors (Lipinski definition) is 4. The second-order valence-electron chi connectivity index (χ2n) is 3.59. The zero-order valence-electron chi connectivity index (χ0n) is 8.66. The molecule has 0 saturated heterocycles. The van der Waals surface area contributed by atoms with Crippen molar-refractivity contribution >= 4 is 21.9 Å². The van der Waals surface area contributed by atoms with Crippen molar-refractivity contribution in [3.63, 3.8) is 0 Å². The van der Waals surface area contributed by atoms with Gasteiger partial charge in [0.1, 0.15) is 0 Å². The van der Waals surface area contributed by atoms with Gasteiger partial charge in [-0.15, -0.1) is 0 Å². The Morgan fingerprint density at radius 3 is 1.94 bits per heavy atom. The highest BCUT2D eigenvalue weighted by molar-refractivity contribution is 7.85. The molecule has 1 aliphatic rings. The third-order valence-electron chi connectivity index (χ3n) is 2.45. The molecule has 0 bridgehead atoms. The molecule has 1 aliphatic heterocycles. The van der Waals surface area contributed by atoms with Gasteiger partial charge in [0.05, 0.1) is 16.9 Å². The highest BCUT2D eigenvalue weighted by atomic mass is 32.2. The molecule has 2 amide bonds. The van der Waals surface area contributed by atoms with Gasteiger partial charge in [-0.25, -0.2) is 0 Å². The number of amides is 2. The highest BCUT2D eigenvalue weighted by Gasteiger charge is 2.35. The maximum absolute atomic E-state index is 11.8. The first-order valence-electron chi connectivity index (χ1n) is 4.80. The van der Waals surface area contributed by atoms with E-state index >= 15 is 0 Å². The van der Waals surface area contributed by atoms with Crippen molar-refractivity contribution in [1.82, 2.24) is 4.90 Å². The molecule has 6 nitrogen and oxygen atoms in total. The molecule has 2 rings (SSSR count). The van der Waals surface area contributed by atoms with Crippen LogP contribution in [0.2, 0.25) is 0 Å². The second-order valence-corrected chi connectivity index (χ2v) is 5.17. The Morgan fingerprint density at radius 2 is 1.53 bits per heavy atom. The molecule has 0 aromatic heterocycles. The molecule has 90 valence electrons. The zero-order chi connectivity index (χ0) is 12.6. The number of carbonyl (C=O) groups is 2. The fraction of sp³-hybridized carbons (Fsp3) is 0.200. The van der Waals surface area contributed by atoms with Crippen molar-refractivity contribution in [3.05, 3.63) is 35.4 Å². The molecule has 7 heteroatoms. The standard InChI is InChI=1S/C10H9NO5S/c12-9-7-3-1-2-4-8(7)10(13)11(9)5-6-17(14,15)16/h1-4H,5-6H2,(H,14,15,16). The third-order valence-corrected chi connectivity index (χ3v) is 3.15. The summed E-state index contributed by atoms with van der Waals surface area (Å²) in [5.41, 5.74) is 0.515. The molecular formula is C10H9NO5S. The van der Waals surface area contributed by atoms with E-state index in [1.807, 2.05) is 0 Å². The van der Waals surface area contributed by atoms with Gasteiger partial charge < -0.3 is 0 Å². The van der Waals surface area contributed by atoms with Crippen LogP contribution in [0.4, 0.5) is 0 Å². The lowest BCUT2D eigenvalue weighted by molar-refractivity contribution is 0.0664. The molecule has 0 fully saturated rings. The molecule has 0 aliphatic carbocycles. The summed E-state index contributed by atoms with van der Waals surface area (Å²) in [7, 11) is -4.19. The maximum atomic E-state index is 11.8. The van der Waals surface area contributed by atoms with Gasteiger partial charge in [0.25, 0.3) is 21.9 Å². The van der Waals surface area contributed by atoms with Gasteiger partial charge in [-0.05, 0) is 12.1 Å². The lowest BCUT2D eigenvalue weighted by Gasteiger charge is -2.11. The van der Waals surface area contributed by atoms with Crippen molar-refractivity contribution in [2.24, 2.45) is 0 Å². The Balaban J connectivity index is 2.25. The minimum Gasteiger partial charge on any atom is -0.285 e. The average Bonchev–Trinajstić information content (AvgIpc) is 2.49. The molecule has 0 radical (unpaired) electrons. The van der Waals surface area contributed by atoms with E-state index in [0.29, 0.717) is 0 Å². The van der Waals surface area contributed by atoms with E-state index in [0.717, 1.165) is 4.90 Å². The molecule has 1 aromatic rings. The molecular weight excluding hydrogens is 246 g/mol. The quantitative estimate of drug-likeness (QED) is 0.614. The number of rotatable bonds is 3. The Morgan fingerprint density at radius 1 is 1.06 bits per heavy atom. The summed E-state index contributed by atoms with van der Waals surface area (Å²) in [4.78, 5) is 24.3. The topological polar surface area (TPSA) is 91.8 Å². The maximum Gasteiger partial charge on any atom is 0.266 e. The van der Waals surface area contributed by atoms with Crippen LogP contribution in [0.15, 0.2) is 24.3 Å². The molecule has 0 unspecified atom stereocenters. The van der Waals surface area contributed by atoms with E-state index in [1.54, 1.807) is 12.1 Å². The monoisotopic (exact) mass is 255 g/mol. The predicted molar refractivity (Wildman–Crippen MR) is 58.2 cm³/mol. The third kappa shape index (κ3) is 2.20. The smallest absolute Gasteiger partial charge is 0.266 e. The van der Waals surface area contributed by atoms with Gasteiger partial charge in [-0.1, -0.05) is 12.1 Å². The summed E-state index contributed by atoms with van der Waals surface area (Å²) in [6, 6.07) is 6.25. The SMILES string of the molecule is O=C1c2ccccc2C(=O)N1CCS(=O)(=O)O. The van der Waals surface area contributed by atoms with Crippen LogP contribution in [-0.4, -0.2) is 42.0 Å². The molecule has 17 heavy (non-hydrogen) atoms. The van der Waals surface area contributed by atoms with Crippen LogP contribution in [-0.2, 0) is 10.1 Å². The van der Waals surface area contributed by atoms with Crippen LogP contribution >= 0.6 is 0 Å². The van der Waals surface area contributed by atoms with Crippen molar-refractivity contribution in [3.8, 4) is 0 Å². The van der Waals surface area contributed by atoms with Crippen molar-refractivity contribution in [2.45, 2.75) is 0 Å². The van der Waals surface area contributed by atoms with E-state index in [9.17, 15) is 18.0 Å². The minimum absolute atomic E-state index is 0.257. The average molecular weight is 255 g/mol. The van der Waals surface area contributed by atoms with Gasteiger partial charge in [0, 0.05) is 6.54 Å². The van der Waals surface area contributed by atoms with E-state index in [1.165, 1.54) is 12.1 Å². The first-order chi connectivity index (χ1) is 7.90. The number of nitrogens with zero attached hydrogens (tertiary/aromatic N) is 1. The van der Waals surface area contributed by atoms with Crippen LogP contribution < -0.4 is 0 Å². The first kappa shape index (κ1) is 11.7. The number of carbonyl (C=O) groups excluding carboxylic acids is 2. The Labute approximate surface area is 97.6 Å². The van der Waals surface area contributed by atoms with E-state index < -0.39 is 27.7 Å². The van der Waals surface area contributed by atoms with Gasteiger partial charge in [-0.3, -0.25) is 19.0 Å². The number of hydrogen-bond donors (Lipinski definition) is 1. The molecule has 0 spiro atoms. The van der Waals surface area contributed by atoms with Crippen molar-refractivity contribution in [1.29, 1.82) is 0 Å². The Hall–Kier alpha value is -1.73. The summed E-state index contributed by atoms with van der Waals surface area (Å²) < 4.78 is 29.8.